The lowest BCUT2D eigenvalue weighted by Gasteiger charge is -2.20. The highest BCUT2D eigenvalue weighted by molar-refractivity contribution is 9.11. The number of anilines is 2. The van der Waals surface area contributed by atoms with Gasteiger partial charge < -0.3 is 10.6 Å². The van der Waals surface area contributed by atoms with Gasteiger partial charge in [0.15, 0.2) is 5.12 Å². The average molecular weight is 409 g/mol. The van der Waals surface area contributed by atoms with Crippen LogP contribution in [0.3, 0.4) is 0 Å². The molecule has 2 rings (SSSR count). The maximum Gasteiger partial charge on any atom is 0.228 e. The van der Waals surface area contributed by atoms with E-state index in [1.54, 1.807) is 11.1 Å². The third-order valence-corrected chi connectivity index (χ3v) is 4.88. The molecule has 0 radical (unpaired) electrons. The van der Waals surface area contributed by atoms with Gasteiger partial charge in [-0.3, -0.25) is 9.59 Å². The lowest BCUT2D eigenvalue weighted by atomic mass is 10.3. The molecule has 2 heterocycles. The van der Waals surface area contributed by atoms with Crippen LogP contribution >= 0.6 is 43.6 Å². The number of nitrogens with zero attached hydrogens (tertiary/aromatic N) is 2. The van der Waals surface area contributed by atoms with Gasteiger partial charge in [0.1, 0.15) is 10.3 Å². The zero-order valence-electron chi connectivity index (χ0n) is 10.0. The summed E-state index contributed by atoms with van der Waals surface area (Å²) in [5, 5.41) is -0.0191. The lowest BCUT2D eigenvalue weighted by molar-refractivity contribution is -0.117. The fourth-order valence-electron chi connectivity index (χ4n) is 1.93. The van der Waals surface area contributed by atoms with Gasteiger partial charge in [-0.05, 0) is 31.9 Å². The Bertz CT molecular complexity index is 553. The molecule has 1 aromatic rings. The predicted octanol–water partition coefficient (Wildman–Crippen LogP) is 2.57. The number of nitrogen functional groups attached to an aromatic ring is 1. The summed E-state index contributed by atoms with van der Waals surface area (Å²) in [5.74, 6) is -0.0500. The fourth-order valence-corrected chi connectivity index (χ4v) is 3.67. The highest BCUT2D eigenvalue weighted by Gasteiger charge is 2.34. The molecule has 1 aromatic heterocycles. The molecule has 8 heteroatoms. The minimum atomic E-state index is -0.0500. The van der Waals surface area contributed by atoms with E-state index in [0.29, 0.717) is 33.4 Å². The predicted molar refractivity (Wildman–Crippen MR) is 83.1 cm³/mol. The van der Waals surface area contributed by atoms with Gasteiger partial charge >= 0.3 is 0 Å². The average Bonchev–Trinajstić information content (AvgIpc) is 2.65. The summed E-state index contributed by atoms with van der Waals surface area (Å²) in [6.07, 6.45) is 1.91. The minimum absolute atomic E-state index is 0.0130. The number of carbonyl (C=O) groups is 2. The maximum absolute atomic E-state index is 12.1. The molecule has 1 atom stereocenters. The number of aromatic nitrogens is 1. The summed E-state index contributed by atoms with van der Waals surface area (Å²) in [6, 6.07) is 0. The molecule has 1 saturated heterocycles. The van der Waals surface area contributed by atoms with Crippen LogP contribution in [0.25, 0.3) is 0 Å². The molecule has 102 valence electrons. The Kier molecular flexibility index (Phi) is 4.52. The Labute approximate surface area is 131 Å². The zero-order valence-corrected chi connectivity index (χ0v) is 14.0. The van der Waals surface area contributed by atoms with Crippen molar-refractivity contribution >= 4 is 66.0 Å². The smallest absolute Gasteiger partial charge is 0.228 e. The number of carbonyl (C=O) groups excluding carboxylic acids is 2. The van der Waals surface area contributed by atoms with Crippen molar-refractivity contribution in [1.82, 2.24) is 4.98 Å². The topological polar surface area (TPSA) is 76.3 Å². The SMILES string of the molecule is CC(=O)SC1CC(=O)N(c2c(Br)ncc(Br)c2N)C1. The van der Waals surface area contributed by atoms with E-state index in [4.69, 9.17) is 5.73 Å². The van der Waals surface area contributed by atoms with Crippen molar-refractivity contribution < 1.29 is 9.59 Å². The third-order valence-electron chi connectivity index (χ3n) is 2.69. The number of rotatable bonds is 2. The first-order valence-electron chi connectivity index (χ1n) is 5.47. The normalized spacial score (nSPS) is 19.0. The van der Waals surface area contributed by atoms with Crippen LogP contribution in [0.15, 0.2) is 15.3 Å². The zero-order chi connectivity index (χ0) is 14.2. The summed E-state index contributed by atoms with van der Waals surface area (Å²) in [6.45, 7) is 1.97. The van der Waals surface area contributed by atoms with Crippen molar-refractivity contribution in [2.45, 2.75) is 18.6 Å². The van der Waals surface area contributed by atoms with Crippen LogP contribution in [0, 0.1) is 0 Å². The summed E-state index contributed by atoms with van der Waals surface area (Å²) >= 11 is 7.80. The van der Waals surface area contributed by atoms with E-state index in [1.165, 1.54) is 18.7 Å². The van der Waals surface area contributed by atoms with Crippen molar-refractivity contribution in [3.8, 4) is 0 Å². The molecule has 0 saturated carbocycles. The van der Waals surface area contributed by atoms with Crippen LogP contribution in [-0.2, 0) is 9.59 Å². The number of thioether (sulfide) groups is 1. The molecule has 0 aliphatic carbocycles. The van der Waals surface area contributed by atoms with Gasteiger partial charge in [-0.2, -0.15) is 0 Å². The molecular weight excluding hydrogens is 398 g/mol. The molecule has 5 nitrogen and oxygen atoms in total. The van der Waals surface area contributed by atoms with Gasteiger partial charge in [-0.1, -0.05) is 11.8 Å². The van der Waals surface area contributed by atoms with E-state index in [2.05, 4.69) is 36.8 Å². The molecule has 1 amide bonds. The number of hydrogen-bond donors (Lipinski definition) is 1. The van der Waals surface area contributed by atoms with Crippen LogP contribution < -0.4 is 10.6 Å². The van der Waals surface area contributed by atoms with Gasteiger partial charge in [0, 0.05) is 31.3 Å². The lowest BCUT2D eigenvalue weighted by Crippen LogP contribution is -2.26. The van der Waals surface area contributed by atoms with Gasteiger partial charge in [0.25, 0.3) is 0 Å². The standard InChI is InChI=1S/C11H11Br2N3O2S/c1-5(17)19-6-2-8(18)16(4-6)10-9(14)7(12)3-15-11(10)13/h3,6H,2,4H2,1H3,(H2,14,15). The summed E-state index contributed by atoms with van der Waals surface area (Å²) in [5.41, 5.74) is 7.01. The second kappa shape index (κ2) is 5.80. The molecule has 1 aliphatic rings. The van der Waals surface area contributed by atoms with Crippen molar-refractivity contribution in [3.05, 3.63) is 15.3 Å². The van der Waals surface area contributed by atoms with Crippen molar-refractivity contribution in [2.24, 2.45) is 0 Å². The van der Waals surface area contributed by atoms with E-state index in [-0.39, 0.29) is 16.3 Å². The maximum atomic E-state index is 12.1. The first-order valence-corrected chi connectivity index (χ1v) is 7.93. The second-order valence-corrected chi connectivity index (χ2v) is 7.18. The van der Waals surface area contributed by atoms with E-state index < -0.39 is 0 Å². The third kappa shape index (κ3) is 3.11. The van der Waals surface area contributed by atoms with E-state index >= 15 is 0 Å². The van der Waals surface area contributed by atoms with E-state index in [0.717, 1.165) is 0 Å². The highest BCUT2D eigenvalue weighted by atomic mass is 79.9. The summed E-state index contributed by atoms with van der Waals surface area (Å²) in [7, 11) is 0. The molecule has 19 heavy (non-hydrogen) atoms. The Morgan fingerprint density at radius 3 is 2.89 bits per heavy atom. The number of pyridine rings is 1. The molecule has 0 aromatic carbocycles. The van der Waals surface area contributed by atoms with Crippen molar-refractivity contribution in [2.75, 3.05) is 17.2 Å². The first-order chi connectivity index (χ1) is 8.90. The Morgan fingerprint density at radius 1 is 1.58 bits per heavy atom. The van der Waals surface area contributed by atoms with Gasteiger partial charge in [-0.15, -0.1) is 0 Å². The number of hydrogen-bond acceptors (Lipinski definition) is 5. The molecule has 2 N–H and O–H groups in total. The van der Waals surface area contributed by atoms with Crippen LogP contribution in [-0.4, -0.2) is 27.8 Å². The molecular formula is C11H11Br2N3O2S. The Hall–Kier alpha value is -0.600. The highest BCUT2D eigenvalue weighted by Crippen LogP contribution is 2.39. The van der Waals surface area contributed by atoms with Crippen LogP contribution in [0.5, 0.6) is 0 Å². The molecule has 1 unspecified atom stereocenters. The van der Waals surface area contributed by atoms with E-state index in [9.17, 15) is 9.59 Å². The summed E-state index contributed by atoms with van der Waals surface area (Å²) < 4.78 is 1.16. The molecule has 0 bridgehead atoms. The second-order valence-electron chi connectivity index (χ2n) is 4.10. The van der Waals surface area contributed by atoms with Crippen molar-refractivity contribution in [1.29, 1.82) is 0 Å². The number of nitrogens with two attached hydrogens (primary N) is 1. The quantitative estimate of drug-likeness (QED) is 0.761. The first kappa shape index (κ1) is 14.8. The minimum Gasteiger partial charge on any atom is -0.396 e. The molecule has 1 fully saturated rings. The van der Waals surface area contributed by atoms with Gasteiger partial charge in [-0.25, -0.2) is 4.98 Å². The number of amides is 1. The molecule has 1 aliphatic heterocycles. The van der Waals surface area contributed by atoms with Crippen LogP contribution in [0.1, 0.15) is 13.3 Å². The van der Waals surface area contributed by atoms with Crippen molar-refractivity contribution in [3.63, 3.8) is 0 Å². The van der Waals surface area contributed by atoms with Crippen LogP contribution in [0.2, 0.25) is 0 Å². The van der Waals surface area contributed by atoms with Crippen LogP contribution in [0.4, 0.5) is 11.4 Å². The molecule has 0 spiro atoms. The van der Waals surface area contributed by atoms with Gasteiger partial charge in [0.05, 0.1) is 10.2 Å². The monoisotopic (exact) mass is 407 g/mol. The largest absolute Gasteiger partial charge is 0.396 e. The summed E-state index contributed by atoms with van der Waals surface area (Å²) in [4.78, 5) is 28.9. The number of halogens is 2. The Balaban J connectivity index is 2.31. The van der Waals surface area contributed by atoms with E-state index in [1.807, 2.05) is 0 Å². The van der Waals surface area contributed by atoms with Gasteiger partial charge in [0.2, 0.25) is 5.91 Å². The fraction of sp³-hybridized carbons (Fsp3) is 0.364. The Morgan fingerprint density at radius 2 is 2.26 bits per heavy atom.